The van der Waals surface area contributed by atoms with Gasteiger partial charge in [0, 0.05) is 11.4 Å². The van der Waals surface area contributed by atoms with Gasteiger partial charge in [0.1, 0.15) is 0 Å². The first kappa shape index (κ1) is 20.6. The number of thiophene rings is 1. The number of carbonyl (C=O) groups excluding carboxylic acids is 1. The standard InChI is InChI=1S/C17H15F3N4OS3/c1-9(15(25)22-12-5-4-11(18)13(19)14(12)20)27-17-24-23-16(28-17)21-7-6-10-3-2-8-26-10/h2-5,8-9H,6-7H2,1H3,(H,21,23)(H,22,25). The first-order valence-electron chi connectivity index (χ1n) is 8.15. The highest BCUT2D eigenvalue weighted by Gasteiger charge is 2.20. The van der Waals surface area contributed by atoms with Crippen molar-refractivity contribution in [2.45, 2.75) is 22.9 Å². The fourth-order valence-corrected chi connectivity index (χ4v) is 4.77. The summed E-state index contributed by atoms with van der Waals surface area (Å²) in [5, 5.41) is 15.5. The molecule has 1 aromatic carbocycles. The Labute approximate surface area is 171 Å². The van der Waals surface area contributed by atoms with Gasteiger partial charge in [-0.2, -0.15) is 0 Å². The topological polar surface area (TPSA) is 66.9 Å². The van der Waals surface area contributed by atoms with E-state index in [-0.39, 0.29) is 0 Å². The van der Waals surface area contributed by atoms with Crippen LogP contribution in [0.3, 0.4) is 0 Å². The lowest BCUT2D eigenvalue weighted by atomic mass is 10.2. The Morgan fingerprint density at radius 3 is 2.79 bits per heavy atom. The molecule has 0 aliphatic carbocycles. The normalized spacial score (nSPS) is 12.0. The molecule has 28 heavy (non-hydrogen) atoms. The van der Waals surface area contributed by atoms with Crippen molar-refractivity contribution in [1.29, 1.82) is 0 Å². The largest absolute Gasteiger partial charge is 0.360 e. The molecule has 11 heteroatoms. The number of thioether (sulfide) groups is 1. The molecular formula is C17H15F3N4OS3. The van der Waals surface area contributed by atoms with E-state index in [9.17, 15) is 18.0 Å². The quantitative estimate of drug-likeness (QED) is 0.386. The van der Waals surface area contributed by atoms with Crippen molar-refractivity contribution < 1.29 is 18.0 Å². The van der Waals surface area contributed by atoms with E-state index in [1.165, 1.54) is 16.2 Å². The molecule has 2 N–H and O–H groups in total. The molecule has 2 heterocycles. The van der Waals surface area contributed by atoms with Gasteiger partial charge in [0.15, 0.2) is 21.8 Å². The minimum Gasteiger partial charge on any atom is -0.360 e. The second kappa shape index (κ2) is 9.39. The monoisotopic (exact) mass is 444 g/mol. The molecule has 0 spiro atoms. The molecule has 5 nitrogen and oxygen atoms in total. The summed E-state index contributed by atoms with van der Waals surface area (Å²) in [5.41, 5.74) is -0.412. The van der Waals surface area contributed by atoms with Gasteiger partial charge >= 0.3 is 0 Å². The summed E-state index contributed by atoms with van der Waals surface area (Å²) in [6.07, 6.45) is 0.873. The highest BCUT2D eigenvalue weighted by Crippen LogP contribution is 2.30. The van der Waals surface area contributed by atoms with Crippen LogP contribution in [0.15, 0.2) is 34.0 Å². The number of nitrogens with zero attached hydrogens (tertiary/aromatic N) is 2. The molecule has 0 radical (unpaired) electrons. The van der Waals surface area contributed by atoms with Gasteiger partial charge in [-0.25, -0.2) is 13.2 Å². The number of amides is 1. The zero-order chi connectivity index (χ0) is 20.1. The number of anilines is 2. The second-order valence-electron chi connectivity index (χ2n) is 5.60. The van der Waals surface area contributed by atoms with Crippen molar-refractivity contribution in [2.75, 3.05) is 17.2 Å². The molecule has 2 aromatic heterocycles. The Morgan fingerprint density at radius 2 is 2.04 bits per heavy atom. The van der Waals surface area contributed by atoms with E-state index in [4.69, 9.17) is 0 Å². The van der Waals surface area contributed by atoms with Crippen LogP contribution in [0.25, 0.3) is 0 Å². The third-order valence-corrected chi connectivity index (χ3v) is 6.58. The maximum Gasteiger partial charge on any atom is 0.237 e. The molecule has 3 aromatic rings. The number of hydrogen-bond donors (Lipinski definition) is 2. The first-order valence-corrected chi connectivity index (χ1v) is 10.7. The van der Waals surface area contributed by atoms with Crippen molar-refractivity contribution in [1.82, 2.24) is 10.2 Å². The summed E-state index contributed by atoms with van der Waals surface area (Å²) in [7, 11) is 0. The number of carbonyl (C=O) groups is 1. The van der Waals surface area contributed by atoms with Gasteiger partial charge in [-0.15, -0.1) is 21.5 Å². The SMILES string of the molecule is CC(Sc1nnc(NCCc2cccs2)s1)C(=O)Nc1ccc(F)c(F)c1F. The average Bonchev–Trinajstić information content (AvgIpc) is 3.34. The lowest BCUT2D eigenvalue weighted by Crippen LogP contribution is -2.23. The van der Waals surface area contributed by atoms with Crippen LogP contribution in [0.5, 0.6) is 0 Å². The predicted octanol–water partition coefficient (Wildman–Crippen LogP) is 4.79. The van der Waals surface area contributed by atoms with Crippen molar-refractivity contribution in [3.05, 3.63) is 52.0 Å². The number of benzene rings is 1. The van der Waals surface area contributed by atoms with Crippen molar-refractivity contribution >= 4 is 51.2 Å². The van der Waals surface area contributed by atoms with Crippen molar-refractivity contribution in [2.24, 2.45) is 0 Å². The summed E-state index contributed by atoms with van der Waals surface area (Å²) in [6, 6.07) is 5.79. The number of rotatable bonds is 8. The fourth-order valence-electron chi connectivity index (χ4n) is 2.14. The minimum atomic E-state index is -1.62. The van der Waals surface area contributed by atoms with Gasteiger partial charge in [0.25, 0.3) is 0 Å². The van der Waals surface area contributed by atoms with Crippen LogP contribution in [0.2, 0.25) is 0 Å². The van der Waals surface area contributed by atoms with Crippen LogP contribution < -0.4 is 10.6 Å². The molecule has 1 atom stereocenters. The van der Waals surface area contributed by atoms with E-state index in [0.29, 0.717) is 16.0 Å². The number of aromatic nitrogens is 2. The van der Waals surface area contributed by atoms with E-state index >= 15 is 0 Å². The smallest absolute Gasteiger partial charge is 0.237 e. The first-order chi connectivity index (χ1) is 13.4. The summed E-state index contributed by atoms with van der Waals surface area (Å²) in [6.45, 7) is 2.31. The van der Waals surface area contributed by atoms with E-state index in [0.717, 1.165) is 30.3 Å². The summed E-state index contributed by atoms with van der Waals surface area (Å²) < 4.78 is 40.5. The highest BCUT2D eigenvalue weighted by molar-refractivity contribution is 8.02. The molecule has 0 saturated carbocycles. The van der Waals surface area contributed by atoms with Crippen LogP contribution in [-0.2, 0) is 11.2 Å². The lowest BCUT2D eigenvalue weighted by Gasteiger charge is -2.11. The molecule has 0 bridgehead atoms. The van der Waals surface area contributed by atoms with Gasteiger partial charge in [-0.3, -0.25) is 4.79 Å². The molecule has 1 unspecified atom stereocenters. The average molecular weight is 445 g/mol. The molecule has 3 rings (SSSR count). The molecule has 1 amide bonds. The molecule has 0 fully saturated rings. The van der Waals surface area contributed by atoms with Gasteiger partial charge in [-0.1, -0.05) is 29.2 Å². The van der Waals surface area contributed by atoms with Crippen LogP contribution in [0, 0.1) is 17.5 Å². The second-order valence-corrected chi connectivity index (χ2v) is 9.20. The lowest BCUT2D eigenvalue weighted by molar-refractivity contribution is -0.115. The summed E-state index contributed by atoms with van der Waals surface area (Å²) in [5.74, 6) is -4.93. The highest BCUT2D eigenvalue weighted by atomic mass is 32.2. The van der Waals surface area contributed by atoms with Crippen LogP contribution in [0.1, 0.15) is 11.8 Å². The summed E-state index contributed by atoms with van der Waals surface area (Å²) >= 11 is 4.13. The zero-order valence-electron chi connectivity index (χ0n) is 14.5. The Balaban J connectivity index is 1.51. The Hall–Kier alpha value is -2.11. The number of halogens is 3. The number of hydrogen-bond acceptors (Lipinski definition) is 7. The third-order valence-electron chi connectivity index (χ3n) is 3.57. The zero-order valence-corrected chi connectivity index (χ0v) is 17.0. The molecule has 0 aliphatic heterocycles. The Morgan fingerprint density at radius 1 is 1.21 bits per heavy atom. The van der Waals surface area contributed by atoms with E-state index in [1.807, 2.05) is 11.4 Å². The fraction of sp³-hybridized carbons (Fsp3) is 0.235. The maximum atomic E-state index is 13.7. The Bertz CT molecular complexity index is 949. The van der Waals surface area contributed by atoms with E-state index in [2.05, 4.69) is 26.9 Å². The van der Waals surface area contributed by atoms with E-state index < -0.39 is 34.3 Å². The molecular weight excluding hydrogens is 429 g/mol. The minimum absolute atomic E-state index is 0.412. The predicted molar refractivity (Wildman–Crippen MR) is 107 cm³/mol. The summed E-state index contributed by atoms with van der Waals surface area (Å²) in [4.78, 5) is 13.5. The van der Waals surface area contributed by atoms with E-state index in [1.54, 1.807) is 18.3 Å². The van der Waals surface area contributed by atoms with Gasteiger partial charge < -0.3 is 10.6 Å². The van der Waals surface area contributed by atoms with Crippen molar-refractivity contribution in [3.8, 4) is 0 Å². The Kier molecular flexibility index (Phi) is 6.92. The van der Waals surface area contributed by atoms with Crippen LogP contribution in [-0.4, -0.2) is 27.9 Å². The third kappa shape index (κ3) is 5.24. The van der Waals surface area contributed by atoms with Gasteiger partial charge in [0.05, 0.1) is 10.9 Å². The van der Waals surface area contributed by atoms with Gasteiger partial charge in [0.2, 0.25) is 11.0 Å². The number of nitrogens with one attached hydrogen (secondary N) is 2. The van der Waals surface area contributed by atoms with Crippen LogP contribution in [0.4, 0.5) is 24.0 Å². The van der Waals surface area contributed by atoms with Gasteiger partial charge in [-0.05, 0) is 36.9 Å². The molecule has 0 aliphatic rings. The maximum absolute atomic E-state index is 13.7. The van der Waals surface area contributed by atoms with Crippen molar-refractivity contribution in [3.63, 3.8) is 0 Å². The van der Waals surface area contributed by atoms with Crippen LogP contribution >= 0.6 is 34.4 Å². The molecule has 0 saturated heterocycles. The molecule has 148 valence electrons.